The molecule has 3 rings (SSSR count). The molecule has 1 atom stereocenters. The molecule has 1 amide bonds. The number of benzene rings is 2. The van der Waals surface area contributed by atoms with Crippen molar-refractivity contribution in [2.75, 3.05) is 22.9 Å². The van der Waals surface area contributed by atoms with Crippen LogP contribution in [0.15, 0.2) is 48.5 Å². The maximum Gasteiger partial charge on any atom is 0.246 e. The van der Waals surface area contributed by atoms with Crippen molar-refractivity contribution in [2.24, 2.45) is 0 Å². The van der Waals surface area contributed by atoms with Crippen LogP contribution in [0.25, 0.3) is 0 Å². The van der Waals surface area contributed by atoms with Gasteiger partial charge in [0, 0.05) is 24.0 Å². The zero-order chi connectivity index (χ0) is 16.4. The van der Waals surface area contributed by atoms with Crippen molar-refractivity contribution in [1.29, 1.82) is 0 Å². The minimum absolute atomic E-state index is 0.154. The van der Waals surface area contributed by atoms with E-state index in [-0.39, 0.29) is 5.91 Å². The second-order valence-corrected chi connectivity index (χ2v) is 6.29. The van der Waals surface area contributed by atoms with Gasteiger partial charge in [-0.05, 0) is 56.5 Å². The van der Waals surface area contributed by atoms with Gasteiger partial charge in [0.15, 0.2) is 0 Å². The van der Waals surface area contributed by atoms with E-state index in [1.54, 1.807) is 0 Å². The molecule has 1 aliphatic rings. The lowest BCUT2D eigenvalue weighted by Crippen LogP contribution is -2.42. The molecule has 0 N–H and O–H groups in total. The molecule has 0 saturated heterocycles. The first kappa shape index (κ1) is 15.6. The third kappa shape index (κ3) is 3.09. The molecule has 1 unspecified atom stereocenters. The lowest BCUT2D eigenvalue weighted by atomic mass is 10.1. The Morgan fingerprint density at radius 2 is 2.00 bits per heavy atom. The fourth-order valence-electron chi connectivity index (χ4n) is 3.40. The molecule has 0 radical (unpaired) electrons. The molecule has 1 aliphatic heterocycles. The van der Waals surface area contributed by atoms with Crippen LogP contribution in [0, 0.1) is 6.92 Å². The van der Waals surface area contributed by atoms with Crippen molar-refractivity contribution >= 4 is 17.3 Å². The number of carbonyl (C=O) groups is 1. The van der Waals surface area contributed by atoms with Crippen LogP contribution in [0.3, 0.4) is 0 Å². The third-order valence-corrected chi connectivity index (χ3v) is 4.58. The molecule has 0 saturated carbocycles. The van der Waals surface area contributed by atoms with E-state index in [2.05, 4.69) is 49.1 Å². The minimum atomic E-state index is 0.154. The van der Waals surface area contributed by atoms with Crippen LogP contribution in [0.1, 0.15) is 25.0 Å². The minimum Gasteiger partial charge on any atom is -0.359 e. The zero-order valence-electron chi connectivity index (χ0n) is 14.1. The zero-order valence-corrected chi connectivity index (χ0v) is 14.1. The Labute approximate surface area is 138 Å². The van der Waals surface area contributed by atoms with Crippen LogP contribution in [-0.4, -0.2) is 25.0 Å². The van der Waals surface area contributed by atoms with Gasteiger partial charge in [-0.2, -0.15) is 0 Å². The third-order valence-electron chi connectivity index (χ3n) is 4.58. The largest absolute Gasteiger partial charge is 0.359 e. The highest BCUT2D eigenvalue weighted by Crippen LogP contribution is 2.31. The summed E-state index contributed by atoms with van der Waals surface area (Å²) >= 11 is 0. The van der Waals surface area contributed by atoms with Crippen molar-refractivity contribution in [3.63, 3.8) is 0 Å². The molecular weight excluding hydrogens is 284 g/mol. The number of aryl methyl sites for hydroxylation is 1. The summed E-state index contributed by atoms with van der Waals surface area (Å²) in [5, 5.41) is 0. The maximum absolute atomic E-state index is 12.9. The molecule has 0 fully saturated rings. The van der Waals surface area contributed by atoms with Crippen molar-refractivity contribution < 1.29 is 4.79 Å². The molecule has 0 aromatic heterocycles. The lowest BCUT2D eigenvalue weighted by molar-refractivity contribution is -0.117. The van der Waals surface area contributed by atoms with Crippen LogP contribution in [-0.2, 0) is 11.2 Å². The van der Waals surface area contributed by atoms with E-state index in [1.807, 2.05) is 30.0 Å². The molecule has 0 bridgehead atoms. The van der Waals surface area contributed by atoms with Crippen molar-refractivity contribution in [2.45, 2.75) is 33.2 Å². The van der Waals surface area contributed by atoms with Gasteiger partial charge in [0.05, 0.1) is 6.54 Å². The SMILES string of the molecule is CCN(C(=O)CN1c2ccccc2CC1C)c1cccc(C)c1. The number of nitrogens with zero attached hydrogens (tertiary/aromatic N) is 2. The second kappa shape index (κ2) is 6.45. The van der Waals surface area contributed by atoms with E-state index >= 15 is 0 Å². The maximum atomic E-state index is 12.9. The Hall–Kier alpha value is -2.29. The molecule has 0 spiro atoms. The fourth-order valence-corrected chi connectivity index (χ4v) is 3.40. The fraction of sp³-hybridized carbons (Fsp3) is 0.350. The van der Waals surface area contributed by atoms with Crippen molar-refractivity contribution in [1.82, 2.24) is 0 Å². The van der Waals surface area contributed by atoms with Gasteiger partial charge in [-0.25, -0.2) is 0 Å². The molecule has 1 heterocycles. The van der Waals surface area contributed by atoms with Gasteiger partial charge in [0.1, 0.15) is 0 Å². The van der Waals surface area contributed by atoms with Gasteiger partial charge in [-0.15, -0.1) is 0 Å². The summed E-state index contributed by atoms with van der Waals surface area (Å²) in [4.78, 5) is 17.0. The number of hydrogen-bond donors (Lipinski definition) is 0. The van der Waals surface area contributed by atoms with E-state index in [4.69, 9.17) is 0 Å². The summed E-state index contributed by atoms with van der Waals surface area (Å²) in [5.41, 5.74) is 4.70. The number of para-hydroxylation sites is 1. The summed E-state index contributed by atoms with van der Waals surface area (Å²) in [6.07, 6.45) is 1.01. The molecule has 23 heavy (non-hydrogen) atoms. The summed E-state index contributed by atoms with van der Waals surface area (Å²) in [6, 6.07) is 16.9. The lowest BCUT2D eigenvalue weighted by Gasteiger charge is -2.28. The molecule has 2 aromatic rings. The van der Waals surface area contributed by atoms with E-state index in [0.29, 0.717) is 19.1 Å². The van der Waals surface area contributed by atoms with Gasteiger partial charge in [0.25, 0.3) is 0 Å². The smallest absolute Gasteiger partial charge is 0.246 e. The highest BCUT2D eigenvalue weighted by Gasteiger charge is 2.28. The predicted molar refractivity (Wildman–Crippen MR) is 96.2 cm³/mol. The average Bonchev–Trinajstić information content (AvgIpc) is 2.84. The number of amides is 1. The molecule has 120 valence electrons. The van der Waals surface area contributed by atoms with E-state index in [1.165, 1.54) is 16.8 Å². The van der Waals surface area contributed by atoms with E-state index in [9.17, 15) is 4.79 Å². The van der Waals surface area contributed by atoms with Crippen molar-refractivity contribution in [3.05, 3.63) is 59.7 Å². The number of carbonyl (C=O) groups excluding carboxylic acids is 1. The predicted octanol–water partition coefficient (Wildman–Crippen LogP) is 3.80. The first-order valence-electron chi connectivity index (χ1n) is 8.31. The molecule has 0 aliphatic carbocycles. The van der Waals surface area contributed by atoms with Crippen LogP contribution in [0.4, 0.5) is 11.4 Å². The Morgan fingerprint density at radius 3 is 2.74 bits per heavy atom. The van der Waals surface area contributed by atoms with Gasteiger partial charge >= 0.3 is 0 Å². The Morgan fingerprint density at radius 1 is 1.22 bits per heavy atom. The Kier molecular flexibility index (Phi) is 4.37. The number of anilines is 2. The molecular formula is C20H24N2O. The quantitative estimate of drug-likeness (QED) is 0.858. The second-order valence-electron chi connectivity index (χ2n) is 6.29. The summed E-state index contributed by atoms with van der Waals surface area (Å²) in [6.45, 7) is 7.39. The number of likely N-dealkylation sites (N-methyl/N-ethyl adjacent to an activating group) is 1. The average molecular weight is 308 g/mol. The highest BCUT2D eigenvalue weighted by atomic mass is 16.2. The van der Waals surface area contributed by atoms with Crippen molar-refractivity contribution in [3.8, 4) is 0 Å². The number of hydrogen-bond acceptors (Lipinski definition) is 2. The van der Waals surface area contributed by atoms with Gasteiger partial charge in [-0.1, -0.05) is 30.3 Å². The first-order chi connectivity index (χ1) is 11.1. The van der Waals surface area contributed by atoms with Crippen LogP contribution in [0.5, 0.6) is 0 Å². The normalized spacial score (nSPS) is 16.3. The van der Waals surface area contributed by atoms with Gasteiger partial charge < -0.3 is 9.80 Å². The summed E-state index contributed by atoms with van der Waals surface area (Å²) < 4.78 is 0. The van der Waals surface area contributed by atoms with Crippen LogP contribution in [0.2, 0.25) is 0 Å². The monoisotopic (exact) mass is 308 g/mol. The van der Waals surface area contributed by atoms with Crippen LogP contribution < -0.4 is 9.80 Å². The van der Waals surface area contributed by atoms with E-state index in [0.717, 1.165) is 12.1 Å². The first-order valence-corrected chi connectivity index (χ1v) is 8.31. The summed E-state index contributed by atoms with van der Waals surface area (Å²) in [7, 11) is 0. The molecule has 3 nitrogen and oxygen atoms in total. The van der Waals surface area contributed by atoms with Gasteiger partial charge in [0.2, 0.25) is 5.91 Å². The molecule has 2 aromatic carbocycles. The Balaban J connectivity index is 1.80. The number of fused-ring (bicyclic) bond motifs is 1. The van der Waals surface area contributed by atoms with Gasteiger partial charge in [-0.3, -0.25) is 4.79 Å². The summed E-state index contributed by atoms with van der Waals surface area (Å²) in [5.74, 6) is 0.154. The standard InChI is InChI=1S/C20H24N2O/c1-4-21(18-10-7-8-15(2)12-18)20(23)14-22-16(3)13-17-9-5-6-11-19(17)22/h5-12,16H,4,13-14H2,1-3H3. The van der Waals surface area contributed by atoms with Crippen LogP contribution >= 0.6 is 0 Å². The van der Waals surface area contributed by atoms with E-state index < -0.39 is 0 Å². The Bertz CT molecular complexity index is 710. The highest BCUT2D eigenvalue weighted by molar-refractivity contribution is 5.96. The topological polar surface area (TPSA) is 23.6 Å². The number of rotatable bonds is 4. The molecule has 3 heteroatoms.